The Balaban J connectivity index is 1.32. The van der Waals surface area contributed by atoms with Crippen LogP contribution in [0.25, 0.3) is 53.7 Å². The van der Waals surface area contributed by atoms with Gasteiger partial charge in [-0.1, -0.05) is 88.6 Å². The van der Waals surface area contributed by atoms with Crippen LogP contribution in [0.3, 0.4) is 0 Å². The Hall–Kier alpha value is -3.43. The summed E-state index contributed by atoms with van der Waals surface area (Å²) in [6.45, 7) is 9.13. The van der Waals surface area contributed by atoms with E-state index in [1.807, 2.05) is 17.5 Å². The van der Waals surface area contributed by atoms with Crippen LogP contribution in [0.15, 0.2) is 77.3 Å². The van der Waals surface area contributed by atoms with E-state index in [9.17, 15) is 0 Å². The highest BCUT2D eigenvalue weighted by atomic mass is 32.1. The summed E-state index contributed by atoms with van der Waals surface area (Å²) in [6.07, 6.45) is 9.67. The van der Waals surface area contributed by atoms with Crippen molar-refractivity contribution in [3.8, 4) is 21.7 Å². The van der Waals surface area contributed by atoms with Gasteiger partial charge in [0, 0.05) is 27.4 Å². The zero-order chi connectivity index (χ0) is 27.4. The van der Waals surface area contributed by atoms with E-state index in [1.165, 1.54) is 80.1 Å². The number of benzene rings is 3. The fourth-order valence-corrected chi connectivity index (χ4v) is 8.00. The van der Waals surface area contributed by atoms with E-state index >= 15 is 0 Å². The molecule has 2 nitrogen and oxygen atoms in total. The normalized spacial score (nSPS) is 15.0. The van der Waals surface area contributed by atoms with E-state index in [0.29, 0.717) is 5.92 Å². The third-order valence-electron chi connectivity index (χ3n) is 8.66. The van der Waals surface area contributed by atoms with Gasteiger partial charge in [0.1, 0.15) is 11.2 Å². The Morgan fingerprint density at radius 3 is 2.45 bits per heavy atom. The summed E-state index contributed by atoms with van der Waals surface area (Å²) in [5, 5.41) is 3.64. The summed E-state index contributed by atoms with van der Waals surface area (Å²) in [6, 6.07) is 24.8. The molecule has 1 saturated carbocycles. The first-order valence-corrected chi connectivity index (χ1v) is 15.6. The number of rotatable bonds is 4. The van der Waals surface area contributed by atoms with E-state index in [0.717, 1.165) is 28.8 Å². The fraction of sp³-hybridized carbons (Fsp3) is 0.324. The maximum atomic E-state index is 6.66. The molecule has 0 N–H and O–H groups in total. The quantitative estimate of drug-likeness (QED) is 0.221. The molecule has 1 fully saturated rings. The van der Waals surface area contributed by atoms with Gasteiger partial charge in [-0.3, -0.25) is 4.98 Å². The molecule has 1 aliphatic carbocycles. The number of hydrogen-bond donors (Lipinski definition) is 0. The number of para-hydroxylation sites is 1. The molecule has 7 rings (SSSR count). The van der Waals surface area contributed by atoms with Gasteiger partial charge in [-0.15, -0.1) is 11.3 Å². The molecular weight excluding hydrogens is 506 g/mol. The van der Waals surface area contributed by atoms with Gasteiger partial charge < -0.3 is 4.42 Å². The summed E-state index contributed by atoms with van der Waals surface area (Å²) >= 11 is 1.85. The highest BCUT2D eigenvalue weighted by molar-refractivity contribution is 7.23. The van der Waals surface area contributed by atoms with Crippen molar-refractivity contribution in [2.75, 3.05) is 0 Å². The summed E-state index contributed by atoms with van der Waals surface area (Å²) in [7, 11) is 0. The van der Waals surface area contributed by atoms with Crippen LogP contribution in [0.1, 0.15) is 75.5 Å². The summed E-state index contributed by atoms with van der Waals surface area (Å²) in [5.74, 6) is 0.663. The van der Waals surface area contributed by atoms with Crippen LogP contribution in [0.2, 0.25) is 0 Å². The van der Waals surface area contributed by atoms with Crippen molar-refractivity contribution in [2.24, 2.45) is 5.41 Å². The zero-order valence-electron chi connectivity index (χ0n) is 24.0. The number of aromatic nitrogens is 1. The number of thiophene rings is 1. The first kappa shape index (κ1) is 25.5. The van der Waals surface area contributed by atoms with Gasteiger partial charge in [0.25, 0.3) is 0 Å². The second-order valence-electron chi connectivity index (χ2n) is 12.9. The SMILES string of the molecule is Cc1c(-c2ccc(CC(C)(C)C)cc2)sc2c(-c3cccc4c3oc3cc(C5CCCCC5)ccc34)nccc12. The highest BCUT2D eigenvalue weighted by Gasteiger charge is 2.21. The third-order valence-corrected chi connectivity index (χ3v) is 10.0. The van der Waals surface area contributed by atoms with Crippen molar-refractivity contribution >= 4 is 43.4 Å². The molecule has 40 heavy (non-hydrogen) atoms. The molecule has 3 aromatic heterocycles. The van der Waals surface area contributed by atoms with Crippen molar-refractivity contribution in [3.63, 3.8) is 0 Å². The topological polar surface area (TPSA) is 26.0 Å². The first-order chi connectivity index (χ1) is 19.4. The molecule has 6 aromatic rings. The van der Waals surface area contributed by atoms with Gasteiger partial charge in [-0.2, -0.15) is 0 Å². The number of hydrogen-bond acceptors (Lipinski definition) is 3. The average molecular weight is 544 g/mol. The van der Waals surface area contributed by atoms with E-state index in [1.54, 1.807) is 0 Å². The largest absolute Gasteiger partial charge is 0.455 e. The Labute approximate surface area is 241 Å². The van der Waals surface area contributed by atoms with Crippen LogP contribution < -0.4 is 0 Å². The summed E-state index contributed by atoms with van der Waals surface area (Å²) in [4.78, 5) is 6.26. The number of aryl methyl sites for hydroxylation is 1. The molecule has 0 spiro atoms. The van der Waals surface area contributed by atoms with E-state index in [4.69, 9.17) is 9.40 Å². The fourth-order valence-electron chi connectivity index (χ4n) is 6.69. The molecule has 0 saturated heterocycles. The van der Waals surface area contributed by atoms with Crippen molar-refractivity contribution in [1.82, 2.24) is 4.98 Å². The molecule has 3 aromatic carbocycles. The third kappa shape index (κ3) is 4.55. The number of nitrogens with zero attached hydrogens (tertiary/aromatic N) is 1. The Kier molecular flexibility index (Phi) is 6.31. The number of furan rings is 1. The lowest BCUT2D eigenvalue weighted by Gasteiger charge is -2.21. The van der Waals surface area contributed by atoms with E-state index in [2.05, 4.69) is 94.4 Å². The molecule has 0 bridgehead atoms. The molecule has 1 aliphatic rings. The number of fused-ring (bicyclic) bond motifs is 4. The van der Waals surface area contributed by atoms with Crippen LogP contribution in [-0.4, -0.2) is 4.98 Å². The molecule has 3 heterocycles. The molecule has 0 unspecified atom stereocenters. The smallest absolute Gasteiger partial charge is 0.144 e. The molecule has 0 radical (unpaired) electrons. The summed E-state index contributed by atoms with van der Waals surface area (Å²) in [5.41, 5.74) is 9.73. The lowest BCUT2D eigenvalue weighted by molar-refractivity contribution is 0.411. The maximum absolute atomic E-state index is 6.66. The van der Waals surface area contributed by atoms with Gasteiger partial charge in [0.15, 0.2) is 0 Å². The second kappa shape index (κ2) is 9.89. The van der Waals surface area contributed by atoms with Crippen LogP contribution in [0.5, 0.6) is 0 Å². The zero-order valence-corrected chi connectivity index (χ0v) is 24.8. The average Bonchev–Trinajstić information content (AvgIpc) is 3.50. The van der Waals surface area contributed by atoms with Gasteiger partial charge in [-0.25, -0.2) is 0 Å². The van der Waals surface area contributed by atoms with Crippen molar-refractivity contribution < 1.29 is 4.42 Å². The molecular formula is C37H37NOS. The number of pyridine rings is 1. The molecule has 202 valence electrons. The van der Waals surface area contributed by atoms with E-state index in [-0.39, 0.29) is 5.41 Å². The predicted molar refractivity (Wildman–Crippen MR) is 171 cm³/mol. The monoisotopic (exact) mass is 543 g/mol. The Morgan fingerprint density at radius 1 is 0.875 bits per heavy atom. The van der Waals surface area contributed by atoms with Crippen molar-refractivity contribution in [1.29, 1.82) is 0 Å². The Morgan fingerprint density at radius 2 is 1.68 bits per heavy atom. The van der Waals surface area contributed by atoms with Crippen LogP contribution in [0.4, 0.5) is 0 Å². The minimum Gasteiger partial charge on any atom is -0.455 e. The standard InChI is InChI=1S/C37H37NOS/c1-23-28-19-20-38-33(36(28)40-35(23)26-15-13-24(14-16-26)22-37(2,3)4)31-12-8-11-30-29-18-17-27(21-32(29)39-34(30)31)25-9-6-5-7-10-25/h8,11-21,25H,5-7,9-10,22H2,1-4H3. The highest BCUT2D eigenvalue weighted by Crippen LogP contribution is 2.45. The van der Waals surface area contributed by atoms with Gasteiger partial charge in [0.05, 0.1) is 10.4 Å². The van der Waals surface area contributed by atoms with E-state index < -0.39 is 0 Å². The maximum Gasteiger partial charge on any atom is 0.144 e. The molecule has 0 amide bonds. The second-order valence-corrected chi connectivity index (χ2v) is 13.9. The van der Waals surface area contributed by atoms with Gasteiger partial charge >= 0.3 is 0 Å². The lowest BCUT2D eigenvalue weighted by Crippen LogP contribution is -2.08. The van der Waals surface area contributed by atoms with Gasteiger partial charge in [0.2, 0.25) is 0 Å². The minimum atomic E-state index is 0.282. The van der Waals surface area contributed by atoms with Gasteiger partial charge in [-0.05, 0) is 83.4 Å². The molecule has 0 atom stereocenters. The first-order valence-electron chi connectivity index (χ1n) is 14.8. The lowest BCUT2D eigenvalue weighted by atomic mass is 9.84. The molecule has 0 aliphatic heterocycles. The minimum absolute atomic E-state index is 0.282. The molecule has 3 heteroatoms. The van der Waals surface area contributed by atoms with Crippen molar-refractivity contribution in [2.45, 2.75) is 72.1 Å². The predicted octanol–water partition coefficient (Wildman–Crippen LogP) is 11.5. The van der Waals surface area contributed by atoms with Crippen LogP contribution >= 0.6 is 11.3 Å². The van der Waals surface area contributed by atoms with Crippen LogP contribution in [0, 0.1) is 12.3 Å². The van der Waals surface area contributed by atoms with Crippen LogP contribution in [-0.2, 0) is 6.42 Å². The summed E-state index contributed by atoms with van der Waals surface area (Å²) < 4.78 is 7.88. The van der Waals surface area contributed by atoms with Crippen molar-refractivity contribution in [3.05, 3.63) is 89.6 Å². The Bertz CT molecular complexity index is 1840.